The van der Waals surface area contributed by atoms with E-state index in [0.29, 0.717) is 11.1 Å². The first kappa shape index (κ1) is 84.3. The summed E-state index contributed by atoms with van der Waals surface area (Å²) in [5.41, 5.74) is -2.02. The minimum atomic E-state index is -1.75. The second-order valence-electron chi connectivity index (χ2n) is 35.2. The number of esters is 4. The molecule has 1 aliphatic rings. The molecular weight excluding hydrogens is 1340 g/mol. The fourth-order valence-corrected chi connectivity index (χ4v) is 15.0. The third-order valence-electron chi connectivity index (χ3n) is 20.0. The predicted molar refractivity (Wildman–Crippen MR) is 409 cm³/mol. The molecule has 7 rings (SSSR count). The van der Waals surface area contributed by atoms with Crippen LogP contribution in [0.15, 0.2) is 182 Å². The molecule has 572 valence electrons. The van der Waals surface area contributed by atoms with E-state index in [1.165, 1.54) is 0 Å². The molecule has 1 heterocycles. The Kier molecular flexibility index (Phi) is 28.7. The Morgan fingerprint density at radius 1 is 0.349 bits per heavy atom. The van der Waals surface area contributed by atoms with E-state index in [2.05, 4.69) is 0 Å². The van der Waals surface area contributed by atoms with Crippen molar-refractivity contribution in [1.82, 2.24) is 0 Å². The van der Waals surface area contributed by atoms with Gasteiger partial charge in [-0.15, -0.1) is 0 Å². The van der Waals surface area contributed by atoms with Crippen LogP contribution in [0.2, 0.25) is 0 Å². The van der Waals surface area contributed by atoms with Gasteiger partial charge in [-0.25, -0.2) is 38.7 Å². The molecule has 6 aromatic rings. The van der Waals surface area contributed by atoms with Crippen LogP contribution in [0.4, 0.5) is 0 Å². The van der Waals surface area contributed by atoms with Crippen LogP contribution in [0.1, 0.15) is 246 Å². The van der Waals surface area contributed by atoms with E-state index in [1.54, 1.807) is 144 Å². The van der Waals surface area contributed by atoms with Gasteiger partial charge in [0.1, 0.15) is 22.4 Å². The van der Waals surface area contributed by atoms with Crippen molar-refractivity contribution in [3.8, 4) is 0 Å². The number of rotatable bonds is 20. The second kappa shape index (κ2) is 36.1. The molecule has 16 nitrogen and oxygen atoms in total. The Hall–Kier alpha value is -8.92. The topological polar surface area (TPSA) is 210 Å². The Morgan fingerprint density at radius 3 is 0.849 bits per heavy atom. The van der Waals surface area contributed by atoms with Crippen LogP contribution in [-0.4, -0.2) is 70.2 Å². The minimum Gasteiger partial charge on any atom is -0.460 e. The quantitative estimate of drug-likeness (QED) is 0.0395. The van der Waals surface area contributed by atoms with Gasteiger partial charge in [-0.05, 0) is 201 Å². The third kappa shape index (κ3) is 24.6. The second-order valence-corrected chi connectivity index (χ2v) is 35.2. The molecule has 0 amide bonds. The first-order valence-electron chi connectivity index (χ1n) is 37.6. The van der Waals surface area contributed by atoms with E-state index in [0.717, 1.165) is 22.3 Å². The maximum absolute atomic E-state index is 16.8. The van der Waals surface area contributed by atoms with Crippen molar-refractivity contribution in [2.75, 3.05) is 0 Å². The summed E-state index contributed by atoms with van der Waals surface area (Å²) in [6.45, 7) is 36.2. The van der Waals surface area contributed by atoms with E-state index >= 15 is 38.4 Å². The van der Waals surface area contributed by atoms with Crippen molar-refractivity contribution in [2.24, 2.45) is 58.2 Å². The van der Waals surface area contributed by atoms with Gasteiger partial charge < -0.3 is 18.9 Å². The summed E-state index contributed by atoms with van der Waals surface area (Å²) >= 11 is 0. The van der Waals surface area contributed by atoms with Crippen LogP contribution in [-0.2, 0) is 76.9 Å². The molecule has 6 aromatic carbocycles. The van der Waals surface area contributed by atoms with Crippen molar-refractivity contribution in [1.29, 1.82) is 0 Å². The molecule has 0 aromatic heterocycles. The van der Waals surface area contributed by atoms with Crippen molar-refractivity contribution < 1.29 is 76.9 Å². The maximum atomic E-state index is 16.8. The molecule has 106 heavy (non-hydrogen) atoms. The van der Waals surface area contributed by atoms with E-state index in [-0.39, 0.29) is 25.7 Å². The van der Waals surface area contributed by atoms with Crippen LogP contribution >= 0.6 is 0 Å². The number of carbonyl (C=O) groups is 8. The molecule has 8 unspecified atom stereocenters. The largest absolute Gasteiger partial charge is 0.460 e. The molecule has 0 radical (unpaired) electrons. The van der Waals surface area contributed by atoms with Gasteiger partial charge in [0.25, 0.3) is 0 Å². The Balaban J connectivity index is 1.65. The van der Waals surface area contributed by atoms with Gasteiger partial charge in [0.15, 0.2) is 0 Å². The maximum Gasteiger partial charge on any atom is 0.360 e. The van der Waals surface area contributed by atoms with Crippen LogP contribution in [0.25, 0.3) is 0 Å². The number of hydrogen-bond acceptors (Lipinski definition) is 16. The first-order valence-corrected chi connectivity index (χ1v) is 37.6. The van der Waals surface area contributed by atoms with Gasteiger partial charge in [-0.2, -0.15) is 0 Å². The number of benzene rings is 6. The van der Waals surface area contributed by atoms with Crippen molar-refractivity contribution >= 4 is 47.8 Å². The highest BCUT2D eigenvalue weighted by molar-refractivity contribution is 5.88. The lowest BCUT2D eigenvalue weighted by Gasteiger charge is -2.39. The highest BCUT2D eigenvalue weighted by atomic mass is 17.2. The van der Waals surface area contributed by atoms with E-state index < -0.39 is 177 Å². The number of ether oxygens (including phenoxy) is 4. The fourth-order valence-electron chi connectivity index (χ4n) is 15.0. The number of hydrogen-bond donors (Lipinski definition) is 0. The molecule has 1 saturated heterocycles. The smallest absolute Gasteiger partial charge is 0.360 e. The van der Waals surface area contributed by atoms with Crippen LogP contribution < -0.4 is 0 Å². The van der Waals surface area contributed by atoms with Crippen molar-refractivity contribution in [3.63, 3.8) is 0 Å². The summed E-state index contributed by atoms with van der Waals surface area (Å²) < 4.78 is 25.6. The van der Waals surface area contributed by atoms with E-state index in [9.17, 15) is 0 Å². The van der Waals surface area contributed by atoms with Gasteiger partial charge in [0.05, 0.1) is 47.3 Å². The molecule has 1 fully saturated rings. The van der Waals surface area contributed by atoms with Crippen molar-refractivity contribution in [3.05, 3.63) is 215 Å². The average Bonchev–Trinajstić information content (AvgIpc) is 0.784. The Morgan fingerprint density at radius 2 is 0.594 bits per heavy atom. The Bertz CT molecular complexity index is 3580. The Labute approximate surface area is 629 Å². The number of carbonyl (C=O) groups excluding carboxylic acids is 8. The highest BCUT2D eigenvalue weighted by Gasteiger charge is 2.54. The molecule has 1 aliphatic heterocycles. The summed E-state index contributed by atoms with van der Waals surface area (Å²) in [7, 11) is 0. The van der Waals surface area contributed by atoms with Crippen LogP contribution in [0, 0.1) is 58.2 Å². The third-order valence-corrected chi connectivity index (χ3v) is 20.0. The average molecular weight is 1450 g/mol. The molecular formula is C90H116O16. The monoisotopic (exact) mass is 1450 g/mol. The zero-order chi connectivity index (χ0) is 78.3. The van der Waals surface area contributed by atoms with E-state index in [1.807, 2.05) is 177 Å². The standard InChI is InChI=1S/C90H116O16/c1-57(59-39-27-21-28-40-59)51-71(79(93)101-89(15,16)17)75-65(61-43-31-23-32-44-61)53-67(77(91)99-87(9,10)11)69(55-73(85(3,4)5)63-47-35-25-36-48-63)81(95)103-104-82(96)70(56-74(86(6,7)8)64-49-37-26-38-50-64)68(78(92)100-88(12,13)14)54-66(62-45-33-24-34-46-62)76(84(98)106-105-83(75)97)72(80(94)102-90(18,19)20)52-58(2)60-41-29-22-30-42-60/h21-50,57-58,65-76H,51-56H2,1-20H3/t57?,58?,65?,66?,67?,68?,69-,70+,71?,72?,73+,74-,75-,76+. The molecule has 16 heteroatoms. The summed E-state index contributed by atoms with van der Waals surface area (Å²) in [5.74, 6) is -25.8. The SMILES string of the molecule is CC(CC(C(=O)OC(C)(C)C)[C@H]1C(=O)OOC(=O)[C@@H](C(CC(C)c2ccccc2)C(=O)OC(C)(C)C)C(c2ccccc2)CC(C(=O)OC(C)(C)C)[C@@H](C[C@@H](c2ccccc2)C(C)(C)C)C(=O)OOC(=O)[C@@H](C[C@H](c2ccccc2)C(C)(C)C)C(C(=O)OC(C)(C)C)CC1c1ccccc1)c1ccccc1. The normalized spacial score (nSPS) is 21.8. The highest BCUT2D eigenvalue weighted by Crippen LogP contribution is 2.51. The van der Waals surface area contributed by atoms with Crippen molar-refractivity contribution in [2.45, 2.75) is 235 Å². The van der Waals surface area contributed by atoms with Gasteiger partial charge in [-0.3, -0.25) is 19.2 Å². The lowest BCUT2D eigenvalue weighted by atomic mass is 9.66. The van der Waals surface area contributed by atoms with Crippen LogP contribution in [0.5, 0.6) is 0 Å². The molecule has 0 saturated carbocycles. The molecule has 0 bridgehead atoms. The van der Waals surface area contributed by atoms with E-state index in [4.69, 9.17) is 38.5 Å². The van der Waals surface area contributed by atoms with Crippen LogP contribution in [0.3, 0.4) is 0 Å². The molecule has 0 aliphatic carbocycles. The predicted octanol–water partition coefficient (Wildman–Crippen LogP) is 19.5. The minimum absolute atomic E-state index is 0.0844. The lowest BCUT2D eigenvalue weighted by molar-refractivity contribution is -0.271. The summed E-state index contributed by atoms with van der Waals surface area (Å²) in [6, 6.07) is 55.2. The first-order chi connectivity index (χ1) is 49.5. The molecule has 14 atom stereocenters. The van der Waals surface area contributed by atoms with Gasteiger partial charge in [0, 0.05) is 0 Å². The van der Waals surface area contributed by atoms with Gasteiger partial charge in [-0.1, -0.05) is 237 Å². The zero-order valence-electron chi connectivity index (χ0n) is 66.2. The molecule has 0 N–H and O–H groups in total. The lowest BCUT2D eigenvalue weighted by Crippen LogP contribution is -2.45. The summed E-state index contributed by atoms with van der Waals surface area (Å²) in [5, 5.41) is 0. The zero-order valence-corrected chi connectivity index (χ0v) is 66.2. The summed E-state index contributed by atoms with van der Waals surface area (Å²) in [6.07, 6.45) is -1.38. The fraction of sp³-hybridized carbons (Fsp3) is 0.511. The van der Waals surface area contributed by atoms with Gasteiger partial charge >= 0.3 is 47.8 Å². The van der Waals surface area contributed by atoms with Gasteiger partial charge in [0.2, 0.25) is 0 Å². The summed E-state index contributed by atoms with van der Waals surface area (Å²) in [4.78, 5) is 155. The molecule has 0 spiro atoms.